The lowest BCUT2D eigenvalue weighted by atomic mass is 10.1. The Morgan fingerprint density at radius 2 is 1.57 bits per heavy atom. The second-order valence-corrected chi connectivity index (χ2v) is 12.6. The van der Waals surface area contributed by atoms with E-state index in [1.54, 1.807) is 12.1 Å². The number of benzene rings is 3. The first kappa shape index (κ1) is 33.2. The van der Waals surface area contributed by atoms with E-state index in [4.69, 9.17) is 23.2 Å². The number of hydrogen-bond acceptors (Lipinski definition) is 4. The minimum absolute atomic E-state index is 0.118. The van der Waals surface area contributed by atoms with E-state index in [0.29, 0.717) is 22.5 Å². The maximum absolute atomic E-state index is 13.9. The smallest absolute Gasteiger partial charge is 0.354 e. The van der Waals surface area contributed by atoms with E-state index in [-0.39, 0.29) is 33.1 Å². The Kier molecular flexibility index (Phi) is 10.9. The topological polar surface area (TPSA) is 86.8 Å². The van der Waals surface area contributed by atoms with E-state index >= 15 is 0 Å². The largest absolute Gasteiger partial charge is 0.416 e. The van der Waals surface area contributed by atoms with Gasteiger partial charge in [-0.1, -0.05) is 67.4 Å². The molecule has 42 heavy (non-hydrogen) atoms. The van der Waals surface area contributed by atoms with Gasteiger partial charge in [0.15, 0.2) is 0 Å². The molecule has 0 aliphatic rings. The van der Waals surface area contributed by atoms with Crippen LogP contribution in [0.25, 0.3) is 0 Å². The third kappa shape index (κ3) is 8.39. The molecule has 0 unspecified atom stereocenters. The second kappa shape index (κ2) is 13.8. The number of rotatable bonds is 11. The Morgan fingerprint density at radius 1 is 0.905 bits per heavy atom. The summed E-state index contributed by atoms with van der Waals surface area (Å²) >= 11 is 12.2. The summed E-state index contributed by atoms with van der Waals surface area (Å²) in [5, 5.41) is 3.23. The van der Waals surface area contributed by atoms with E-state index < -0.39 is 46.2 Å². The highest BCUT2D eigenvalue weighted by Gasteiger charge is 2.35. The number of nitrogens with zero attached hydrogens (tertiary/aromatic N) is 2. The van der Waals surface area contributed by atoms with Gasteiger partial charge in [0.25, 0.3) is 10.0 Å². The van der Waals surface area contributed by atoms with Gasteiger partial charge in [0.05, 0.1) is 26.2 Å². The molecule has 226 valence electrons. The van der Waals surface area contributed by atoms with Gasteiger partial charge < -0.3 is 10.2 Å². The average Bonchev–Trinajstić information content (AvgIpc) is 2.94. The standard InChI is InChI=1S/C29H30Cl2F3N3O4S/c1-19(2)16-35-28(39)20(3)36(17-21-12-13-25(30)26(31)14-21)27(38)18-37(42(40,41)24-10-5-4-6-11-24)23-9-7-8-22(15-23)29(32,33)34/h4-15,19-20H,16-18H2,1-3H3,(H,35,39)/t20-/m0/s1. The molecule has 0 fully saturated rings. The zero-order valence-corrected chi connectivity index (χ0v) is 25.4. The molecule has 0 bridgehead atoms. The molecular formula is C29H30Cl2F3N3O4S. The highest BCUT2D eigenvalue weighted by Crippen LogP contribution is 2.33. The molecule has 1 N–H and O–H groups in total. The molecule has 3 rings (SSSR count). The minimum Gasteiger partial charge on any atom is -0.354 e. The SMILES string of the molecule is CC(C)CNC(=O)[C@H](C)N(Cc1ccc(Cl)c(Cl)c1)C(=O)CN(c1cccc(C(F)(F)F)c1)S(=O)(=O)c1ccccc1. The quantitative estimate of drug-likeness (QED) is 0.262. The Hall–Kier alpha value is -3.28. The van der Waals surface area contributed by atoms with Crippen LogP contribution < -0.4 is 9.62 Å². The predicted octanol–water partition coefficient (Wildman–Crippen LogP) is 6.40. The number of anilines is 1. The van der Waals surface area contributed by atoms with Crippen LogP contribution in [-0.4, -0.2) is 44.3 Å². The molecule has 0 heterocycles. The Morgan fingerprint density at radius 3 is 2.17 bits per heavy atom. The van der Waals surface area contributed by atoms with Crippen molar-refractivity contribution in [1.82, 2.24) is 10.2 Å². The molecule has 0 spiro atoms. The fourth-order valence-electron chi connectivity index (χ4n) is 3.96. The van der Waals surface area contributed by atoms with Crippen molar-refractivity contribution in [3.8, 4) is 0 Å². The van der Waals surface area contributed by atoms with Crippen molar-refractivity contribution in [2.24, 2.45) is 5.92 Å². The summed E-state index contributed by atoms with van der Waals surface area (Å²) in [6, 6.07) is 14.3. The molecular weight excluding hydrogens is 614 g/mol. The number of hydrogen-bond donors (Lipinski definition) is 1. The maximum Gasteiger partial charge on any atom is 0.416 e. The zero-order chi connectivity index (χ0) is 31.2. The highest BCUT2D eigenvalue weighted by atomic mass is 35.5. The molecule has 0 aromatic heterocycles. The van der Waals surface area contributed by atoms with Gasteiger partial charge in [-0.3, -0.25) is 13.9 Å². The number of alkyl halides is 3. The van der Waals surface area contributed by atoms with Crippen molar-refractivity contribution in [2.75, 3.05) is 17.4 Å². The van der Waals surface area contributed by atoms with Crippen molar-refractivity contribution >= 4 is 50.7 Å². The maximum atomic E-state index is 13.9. The first-order valence-electron chi connectivity index (χ1n) is 12.9. The summed E-state index contributed by atoms with van der Waals surface area (Å²) in [4.78, 5) is 27.8. The molecule has 13 heteroatoms. The third-order valence-electron chi connectivity index (χ3n) is 6.26. The molecule has 7 nitrogen and oxygen atoms in total. The number of carbonyl (C=O) groups is 2. The Balaban J connectivity index is 2.07. The Labute approximate surface area is 253 Å². The molecule has 0 saturated heterocycles. The van der Waals surface area contributed by atoms with Crippen LogP contribution in [0.3, 0.4) is 0 Å². The summed E-state index contributed by atoms with van der Waals surface area (Å²) in [7, 11) is -4.52. The lowest BCUT2D eigenvalue weighted by Gasteiger charge is -2.32. The van der Waals surface area contributed by atoms with Gasteiger partial charge in [-0.05, 0) is 60.9 Å². The summed E-state index contributed by atoms with van der Waals surface area (Å²) in [6.07, 6.45) is -4.76. The molecule has 0 radical (unpaired) electrons. The summed E-state index contributed by atoms with van der Waals surface area (Å²) < 4.78 is 68.8. The van der Waals surface area contributed by atoms with Crippen molar-refractivity contribution in [3.05, 3.63) is 94.0 Å². The number of carbonyl (C=O) groups excluding carboxylic acids is 2. The number of sulfonamides is 1. The molecule has 1 atom stereocenters. The van der Waals surface area contributed by atoms with Gasteiger partial charge in [-0.2, -0.15) is 13.2 Å². The molecule has 0 saturated carbocycles. The van der Waals surface area contributed by atoms with Gasteiger partial charge in [0.2, 0.25) is 11.8 Å². The number of amides is 2. The highest BCUT2D eigenvalue weighted by molar-refractivity contribution is 7.92. The van der Waals surface area contributed by atoms with Crippen LogP contribution in [0.2, 0.25) is 10.0 Å². The average molecular weight is 645 g/mol. The van der Waals surface area contributed by atoms with Gasteiger partial charge in [-0.25, -0.2) is 8.42 Å². The van der Waals surface area contributed by atoms with Crippen molar-refractivity contribution in [2.45, 2.75) is 44.4 Å². The fourth-order valence-corrected chi connectivity index (χ4v) is 5.70. The normalized spacial score (nSPS) is 12.6. The van der Waals surface area contributed by atoms with Gasteiger partial charge in [0, 0.05) is 13.1 Å². The van der Waals surface area contributed by atoms with E-state index in [1.807, 2.05) is 13.8 Å². The zero-order valence-electron chi connectivity index (χ0n) is 23.0. The molecule has 0 aliphatic carbocycles. The Bertz CT molecular complexity index is 1520. The summed E-state index contributed by atoms with van der Waals surface area (Å²) in [6.45, 7) is 4.55. The second-order valence-electron chi connectivity index (χ2n) is 9.96. The van der Waals surface area contributed by atoms with Crippen LogP contribution in [0.1, 0.15) is 31.9 Å². The lowest BCUT2D eigenvalue weighted by molar-refractivity contribution is -0.139. The van der Waals surface area contributed by atoms with Crippen LogP contribution in [0.4, 0.5) is 18.9 Å². The minimum atomic E-state index is -4.76. The van der Waals surface area contributed by atoms with E-state index in [9.17, 15) is 31.2 Å². The molecule has 3 aromatic carbocycles. The molecule has 3 aromatic rings. The van der Waals surface area contributed by atoms with Gasteiger partial charge >= 0.3 is 6.18 Å². The summed E-state index contributed by atoms with van der Waals surface area (Å²) in [5.74, 6) is -1.20. The van der Waals surface area contributed by atoms with E-state index in [0.717, 1.165) is 17.0 Å². The van der Waals surface area contributed by atoms with Crippen molar-refractivity contribution in [1.29, 1.82) is 0 Å². The van der Waals surface area contributed by atoms with Gasteiger partial charge in [-0.15, -0.1) is 0 Å². The van der Waals surface area contributed by atoms with Crippen LogP contribution in [0.5, 0.6) is 0 Å². The molecule has 0 aliphatic heterocycles. The third-order valence-corrected chi connectivity index (χ3v) is 8.79. The summed E-state index contributed by atoms with van der Waals surface area (Å²) in [5.41, 5.74) is -0.957. The van der Waals surface area contributed by atoms with Crippen LogP contribution in [0.15, 0.2) is 77.7 Å². The first-order valence-corrected chi connectivity index (χ1v) is 15.1. The molecule has 2 amide bonds. The predicted molar refractivity (Wildman–Crippen MR) is 157 cm³/mol. The van der Waals surface area contributed by atoms with Crippen LogP contribution in [-0.2, 0) is 32.3 Å². The first-order chi connectivity index (χ1) is 19.6. The van der Waals surface area contributed by atoms with Crippen molar-refractivity contribution < 1.29 is 31.2 Å². The lowest BCUT2D eigenvalue weighted by Crippen LogP contribution is -2.51. The van der Waals surface area contributed by atoms with Crippen LogP contribution >= 0.6 is 23.2 Å². The van der Waals surface area contributed by atoms with Gasteiger partial charge in [0.1, 0.15) is 12.6 Å². The van der Waals surface area contributed by atoms with E-state index in [1.165, 1.54) is 49.4 Å². The monoisotopic (exact) mass is 643 g/mol. The van der Waals surface area contributed by atoms with Crippen molar-refractivity contribution in [3.63, 3.8) is 0 Å². The van der Waals surface area contributed by atoms with Crippen LogP contribution in [0, 0.1) is 5.92 Å². The number of nitrogens with one attached hydrogen (secondary N) is 1. The number of halogens is 5. The fraction of sp³-hybridized carbons (Fsp3) is 0.310. The van der Waals surface area contributed by atoms with E-state index in [2.05, 4.69) is 5.32 Å².